The van der Waals surface area contributed by atoms with Gasteiger partial charge >= 0.3 is 0 Å². The van der Waals surface area contributed by atoms with Crippen LogP contribution in [0.3, 0.4) is 0 Å². The monoisotopic (exact) mass is 418 g/mol. The van der Waals surface area contributed by atoms with E-state index in [4.69, 9.17) is 10.4 Å². The number of nitrogens with zero attached hydrogens (tertiary/aromatic N) is 3. The first-order chi connectivity index (χ1) is 14.2. The van der Waals surface area contributed by atoms with Gasteiger partial charge in [0.15, 0.2) is 5.16 Å². The summed E-state index contributed by atoms with van der Waals surface area (Å²) >= 11 is 3.36. The van der Waals surface area contributed by atoms with E-state index in [1.165, 1.54) is 16.0 Å². The Labute approximate surface area is 178 Å². The van der Waals surface area contributed by atoms with E-state index in [2.05, 4.69) is 35.2 Å². The number of rotatable bonds is 4. The van der Waals surface area contributed by atoms with Gasteiger partial charge in [0.1, 0.15) is 10.3 Å². The smallest absolute Gasteiger partial charge is 0.175 e. The Morgan fingerprint density at radius 2 is 1.79 bits per heavy atom. The summed E-state index contributed by atoms with van der Waals surface area (Å²) in [6.07, 6.45) is 3.01. The average molecular weight is 419 g/mol. The number of fused-ring (bicyclic) bond motifs is 3. The normalized spacial score (nSPS) is 14.2. The number of nitrogens with one attached hydrogen (secondary N) is 1. The van der Waals surface area contributed by atoms with Gasteiger partial charge in [0.2, 0.25) is 0 Å². The molecule has 0 saturated carbocycles. The molecule has 1 aliphatic heterocycles. The molecule has 0 fully saturated rings. The minimum atomic E-state index is 0.555. The summed E-state index contributed by atoms with van der Waals surface area (Å²) in [6, 6.07) is 20.8. The van der Waals surface area contributed by atoms with Crippen molar-refractivity contribution in [3.63, 3.8) is 0 Å². The maximum Gasteiger partial charge on any atom is 0.175 e. The van der Waals surface area contributed by atoms with Crippen molar-refractivity contribution in [3.05, 3.63) is 82.2 Å². The lowest BCUT2D eigenvalue weighted by molar-refractivity contribution is 0.249. The third-order valence-corrected chi connectivity index (χ3v) is 7.16. The van der Waals surface area contributed by atoms with Crippen molar-refractivity contribution < 1.29 is 0 Å². The Bertz CT molecular complexity index is 1210. The standard InChI is InChI=1S/C23H22N4S2/c1-28-23-25-22-20(21(24)27(23)17-10-6-3-7-11-17)18-12-13-26(15-19(18)29-22)14-16-8-4-2-5-9-16/h2-11,24H,12-15H2,1H3. The predicted molar refractivity (Wildman–Crippen MR) is 121 cm³/mol. The molecule has 3 heterocycles. The summed E-state index contributed by atoms with van der Waals surface area (Å²) < 4.78 is 1.98. The first kappa shape index (κ1) is 18.6. The highest BCUT2D eigenvalue weighted by atomic mass is 32.2. The summed E-state index contributed by atoms with van der Waals surface area (Å²) in [5, 5.41) is 10.9. The third kappa shape index (κ3) is 3.41. The number of benzene rings is 2. The van der Waals surface area contributed by atoms with Crippen LogP contribution < -0.4 is 5.49 Å². The van der Waals surface area contributed by atoms with E-state index in [1.807, 2.05) is 41.2 Å². The number of aromatic nitrogens is 2. The van der Waals surface area contributed by atoms with Crippen LogP contribution >= 0.6 is 23.1 Å². The van der Waals surface area contributed by atoms with Gasteiger partial charge in [-0.2, -0.15) is 0 Å². The van der Waals surface area contributed by atoms with Crippen LogP contribution in [0.5, 0.6) is 0 Å². The van der Waals surface area contributed by atoms with Crippen molar-refractivity contribution in [1.29, 1.82) is 5.41 Å². The summed E-state index contributed by atoms with van der Waals surface area (Å²) in [5.41, 5.74) is 4.23. The van der Waals surface area contributed by atoms with Crippen molar-refractivity contribution in [2.45, 2.75) is 24.7 Å². The zero-order valence-electron chi connectivity index (χ0n) is 16.3. The average Bonchev–Trinajstić information content (AvgIpc) is 3.12. The van der Waals surface area contributed by atoms with Crippen LogP contribution in [0.2, 0.25) is 0 Å². The predicted octanol–water partition coefficient (Wildman–Crippen LogP) is 4.85. The van der Waals surface area contributed by atoms with E-state index in [1.54, 1.807) is 23.1 Å². The third-order valence-electron chi connectivity index (χ3n) is 5.41. The summed E-state index contributed by atoms with van der Waals surface area (Å²) in [4.78, 5) is 9.81. The lowest BCUT2D eigenvalue weighted by atomic mass is 10.0. The second-order valence-electron chi connectivity index (χ2n) is 7.25. The van der Waals surface area contributed by atoms with Gasteiger partial charge in [-0.3, -0.25) is 14.9 Å². The Morgan fingerprint density at radius 3 is 2.52 bits per heavy atom. The molecular weight excluding hydrogens is 396 g/mol. The van der Waals surface area contributed by atoms with Crippen LogP contribution in [0.4, 0.5) is 0 Å². The molecule has 1 aliphatic rings. The molecule has 4 nitrogen and oxygen atoms in total. The maximum absolute atomic E-state index is 9.01. The molecule has 0 spiro atoms. The number of para-hydroxylation sites is 1. The summed E-state index contributed by atoms with van der Waals surface area (Å²) in [7, 11) is 0. The van der Waals surface area contributed by atoms with Crippen LogP contribution in [0, 0.1) is 5.41 Å². The van der Waals surface area contributed by atoms with Crippen molar-refractivity contribution in [2.24, 2.45) is 0 Å². The number of thiophene rings is 1. The highest BCUT2D eigenvalue weighted by molar-refractivity contribution is 7.98. The molecule has 0 saturated heterocycles. The minimum Gasteiger partial charge on any atom is -0.294 e. The molecular formula is C23H22N4S2. The van der Waals surface area contributed by atoms with E-state index in [0.717, 1.165) is 47.1 Å². The number of hydrogen-bond donors (Lipinski definition) is 1. The quantitative estimate of drug-likeness (QED) is 0.381. The Morgan fingerprint density at radius 1 is 1.07 bits per heavy atom. The van der Waals surface area contributed by atoms with Crippen molar-refractivity contribution in [2.75, 3.05) is 12.8 Å². The molecule has 2 aromatic carbocycles. The molecule has 146 valence electrons. The van der Waals surface area contributed by atoms with Gasteiger partial charge in [-0.15, -0.1) is 11.3 Å². The second-order valence-corrected chi connectivity index (χ2v) is 9.11. The van der Waals surface area contributed by atoms with E-state index in [-0.39, 0.29) is 0 Å². The minimum absolute atomic E-state index is 0.555. The summed E-state index contributed by atoms with van der Waals surface area (Å²) in [5.74, 6) is 0. The fourth-order valence-electron chi connectivity index (χ4n) is 4.04. The molecule has 5 rings (SSSR count). The lowest BCUT2D eigenvalue weighted by Crippen LogP contribution is -2.30. The van der Waals surface area contributed by atoms with E-state index >= 15 is 0 Å². The van der Waals surface area contributed by atoms with Gasteiger partial charge in [0.25, 0.3) is 0 Å². The number of thioether (sulfide) groups is 1. The zero-order chi connectivity index (χ0) is 19.8. The molecule has 4 aromatic rings. The van der Waals surface area contributed by atoms with Gasteiger partial charge in [-0.1, -0.05) is 60.3 Å². The molecule has 6 heteroatoms. The van der Waals surface area contributed by atoms with Gasteiger partial charge in [0.05, 0.1) is 5.39 Å². The van der Waals surface area contributed by atoms with Crippen molar-refractivity contribution in [3.8, 4) is 5.69 Å². The Kier molecular flexibility index (Phi) is 4.99. The molecule has 0 amide bonds. The van der Waals surface area contributed by atoms with Gasteiger partial charge < -0.3 is 0 Å². The molecule has 1 N–H and O–H groups in total. The highest BCUT2D eigenvalue weighted by Crippen LogP contribution is 2.34. The maximum atomic E-state index is 9.01. The fraction of sp³-hybridized carbons (Fsp3) is 0.217. The van der Waals surface area contributed by atoms with Gasteiger partial charge in [-0.05, 0) is 35.9 Å². The molecule has 0 atom stereocenters. The Balaban J connectivity index is 1.57. The largest absolute Gasteiger partial charge is 0.294 e. The van der Waals surface area contributed by atoms with Crippen LogP contribution in [0.1, 0.15) is 16.0 Å². The molecule has 2 aromatic heterocycles. The van der Waals surface area contributed by atoms with Crippen LogP contribution in [-0.4, -0.2) is 27.3 Å². The lowest BCUT2D eigenvalue weighted by Gasteiger charge is -2.26. The molecule has 0 radical (unpaired) electrons. The van der Waals surface area contributed by atoms with E-state index < -0.39 is 0 Å². The topological polar surface area (TPSA) is 44.9 Å². The first-order valence-electron chi connectivity index (χ1n) is 9.72. The highest BCUT2D eigenvalue weighted by Gasteiger charge is 2.24. The van der Waals surface area contributed by atoms with Crippen LogP contribution in [0.25, 0.3) is 15.9 Å². The van der Waals surface area contributed by atoms with Gasteiger partial charge in [0, 0.05) is 30.2 Å². The van der Waals surface area contributed by atoms with Crippen LogP contribution in [0.15, 0.2) is 65.8 Å². The van der Waals surface area contributed by atoms with E-state index in [9.17, 15) is 0 Å². The van der Waals surface area contributed by atoms with Crippen LogP contribution in [-0.2, 0) is 19.5 Å². The molecule has 0 aliphatic carbocycles. The first-order valence-corrected chi connectivity index (χ1v) is 11.8. The van der Waals surface area contributed by atoms with Crippen molar-refractivity contribution >= 4 is 33.3 Å². The van der Waals surface area contributed by atoms with Gasteiger partial charge in [-0.25, -0.2) is 4.98 Å². The second kappa shape index (κ2) is 7.78. The SMILES string of the molecule is CSc1nc2sc3c(c2c(=N)n1-c1ccccc1)CCN(Cc1ccccc1)C3. The van der Waals surface area contributed by atoms with Crippen molar-refractivity contribution in [1.82, 2.24) is 14.5 Å². The fourth-order valence-corrected chi connectivity index (χ4v) is 5.92. The Hall–Kier alpha value is -2.41. The molecule has 0 unspecified atom stereocenters. The molecule has 0 bridgehead atoms. The molecule has 29 heavy (non-hydrogen) atoms. The zero-order valence-corrected chi connectivity index (χ0v) is 17.9. The summed E-state index contributed by atoms with van der Waals surface area (Å²) in [6.45, 7) is 2.92. The van der Waals surface area contributed by atoms with E-state index in [0.29, 0.717) is 5.49 Å². The number of hydrogen-bond acceptors (Lipinski definition) is 5.